The third-order valence-electron chi connectivity index (χ3n) is 5.38. The fourth-order valence-corrected chi connectivity index (χ4v) is 3.90. The average Bonchev–Trinajstić information content (AvgIpc) is 2.75. The van der Waals surface area contributed by atoms with Crippen LogP contribution in [-0.4, -0.2) is 9.97 Å². The fraction of sp³-hybridized carbons (Fsp3) is 0.304. The Morgan fingerprint density at radius 1 is 0.833 bits per heavy atom. The van der Waals surface area contributed by atoms with Gasteiger partial charge in [-0.05, 0) is 42.5 Å². The summed E-state index contributed by atoms with van der Waals surface area (Å²) in [5.41, 5.74) is 1.52. The van der Waals surface area contributed by atoms with E-state index in [2.05, 4.69) is 20.6 Å². The second-order valence-electron chi connectivity index (χ2n) is 7.49. The normalized spacial score (nSPS) is 15.0. The second kappa shape index (κ2) is 8.73. The van der Waals surface area contributed by atoms with Crippen molar-refractivity contribution in [2.24, 2.45) is 0 Å². The van der Waals surface area contributed by atoms with Crippen LogP contribution in [0.3, 0.4) is 0 Å². The molecule has 1 aromatic heterocycles. The highest BCUT2D eigenvalue weighted by atomic mass is 19.4. The van der Waals surface area contributed by atoms with Crippen molar-refractivity contribution in [3.05, 3.63) is 71.9 Å². The van der Waals surface area contributed by atoms with Gasteiger partial charge in [0.25, 0.3) is 0 Å². The highest BCUT2D eigenvalue weighted by Crippen LogP contribution is 2.39. The molecule has 30 heavy (non-hydrogen) atoms. The summed E-state index contributed by atoms with van der Waals surface area (Å²) in [6, 6.07) is 16.7. The first-order valence-corrected chi connectivity index (χ1v) is 10.1. The van der Waals surface area contributed by atoms with Crippen molar-refractivity contribution in [1.29, 1.82) is 0 Å². The predicted octanol–water partition coefficient (Wildman–Crippen LogP) is 7.03. The van der Waals surface area contributed by atoms with Crippen LogP contribution in [0, 0.1) is 0 Å². The number of nitrogens with one attached hydrogen (secondary N) is 2. The van der Waals surface area contributed by atoms with Gasteiger partial charge >= 0.3 is 6.18 Å². The number of benzene rings is 2. The van der Waals surface area contributed by atoms with E-state index < -0.39 is 11.7 Å². The van der Waals surface area contributed by atoms with E-state index in [1.165, 1.54) is 6.42 Å². The molecule has 0 aliphatic heterocycles. The van der Waals surface area contributed by atoms with Crippen LogP contribution in [-0.2, 0) is 6.18 Å². The smallest absolute Gasteiger partial charge is 0.339 e. The minimum atomic E-state index is -4.56. The lowest BCUT2D eigenvalue weighted by atomic mass is 9.83. The molecule has 0 amide bonds. The molecule has 156 valence electrons. The lowest BCUT2D eigenvalue weighted by molar-refractivity contribution is -0.137. The maximum absolute atomic E-state index is 13.6. The molecule has 1 fully saturated rings. The third-order valence-corrected chi connectivity index (χ3v) is 5.38. The number of hydrogen-bond acceptors (Lipinski definition) is 4. The minimum Gasteiger partial charge on any atom is -0.339 e. The number of halogens is 3. The molecule has 0 bridgehead atoms. The van der Waals surface area contributed by atoms with Crippen LogP contribution < -0.4 is 10.6 Å². The van der Waals surface area contributed by atoms with Crippen LogP contribution >= 0.6 is 0 Å². The molecule has 1 aliphatic carbocycles. The summed E-state index contributed by atoms with van der Waals surface area (Å²) in [5, 5.41) is 5.92. The number of alkyl halides is 3. The molecule has 0 saturated heterocycles. The quantitative estimate of drug-likeness (QED) is 0.472. The molecular weight excluding hydrogens is 389 g/mol. The Balaban J connectivity index is 1.68. The Kier molecular flexibility index (Phi) is 5.88. The molecular formula is C23H23F3N4. The van der Waals surface area contributed by atoms with Gasteiger partial charge in [-0.25, -0.2) is 4.98 Å². The first kappa shape index (κ1) is 20.2. The van der Waals surface area contributed by atoms with Crippen molar-refractivity contribution < 1.29 is 13.2 Å². The molecule has 4 rings (SSSR count). The van der Waals surface area contributed by atoms with E-state index in [1.54, 1.807) is 12.1 Å². The zero-order valence-corrected chi connectivity index (χ0v) is 16.4. The van der Waals surface area contributed by atoms with E-state index in [-0.39, 0.29) is 11.8 Å². The molecule has 1 aliphatic rings. The van der Waals surface area contributed by atoms with Gasteiger partial charge in [0.15, 0.2) is 0 Å². The lowest BCUT2D eigenvalue weighted by Crippen LogP contribution is -2.14. The number of hydrogen-bond donors (Lipinski definition) is 2. The largest absolute Gasteiger partial charge is 0.421 e. The summed E-state index contributed by atoms with van der Waals surface area (Å²) in [4.78, 5) is 8.04. The number of para-hydroxylation sites is 2. The maximum atomic E-state index is 13.6. The standard InChI is InChI=1S/C23H23F3N4/c24-23(25,26)19-15-27-22(28-17-11-5-2-6-12-17)30-21(19)29-20-14-8-7-13-18(20)16-9-3-1-4-10-16/h2,5-8,11-16H,1,3-4,9-10H2,(H2,27,28,29,30). The lowest BCUT2D eigenvalue weighted by Gasteiger charge is -2.25. The van der Waals surface area contributed by atoms with Crippen LogP contribution in [0.4, 0.5) is 36.3 Å². The van der Waals surface area contributed by atoms with Crippen molar-refractivity contribution in [3.8, 4) is 0 Å². The Hall–Kier alpha value is -3.09. The van der Waals surface area contributed by atoms with Gasteiger partial charge in [0.1, 0.15) is 11.4 Å². The molecule has 0 unspecified atom stereocenters. The van der Waals surface area contributed by atoms with Gasteiger partial charge in [0.05, 0.1) is 0 Å². The van der Waals surface area contributed by atoms with E-state index in [9.17, 15) is 13.2 Å². The third kappa shape index (κ3) is 4.72. The second-order valence-corrected chi connectivity index (χ2v) is 7.49. The summed E-state index contributed by atoms with van der Waals surface area (Å²) in [5.74, 6) is 0.201. The van der Waals surface area contributed by atoms with E-state index in [1.807, 2.05) is 42.5 Å². The molecule has 0 spiro atoms. The number of anilines is 4. The molecule has 3 aromatic rings. The molecule has 2 aromatic carbocycles. The molecule has 1 saturated carbocycles. The topological polar surface area (TPSA) is 49.8 Å². The van der Waals surface area contributed by atoms with Crippen molar-refractivity contribution in [3.63, 3.8) is 0 Å². The van der Waals surface area contributed by atoms with Gasteiger partial charge in [-0.15, -0.1) is 0 Å². The first-order chi connectivity index (χ1) is 14.5. The average molecular weight is 412 g/mol. The molecule has 2 N–H and O–H groups in total. The Labute approximate surface area is 173 Å². The van der Waals surface area contributed by atoms with E-state index in [4.69, 9.17) is 0 Å². The summed E-state index contributed by atoms with van der Waals surface area (Å²) in [6.45, 7) is 0. The van der Waals surface area contributed by atoms with Crippen LogP contribution in [0.1, 0.15) is 49.1 Å². The van der Waals surface area contributed by atoms with Crippen molar-refractivity contribution in [2.75, 3.05) is 10.6 Å². The highest BCUT2D eigenvalue weighted by Gasteiger charge is 2.35. The van der Waals surface area contributed by atoms with Crippen molar-refractivity contribution in [1.82, 2.24) is 9.97 Å². The summed E-state index contributed by atoms with van der Waals surface area (Å²) < 4.78 is 40.9. The molecule has 4 nitrogen and oxygen atoms in total. The zero-order chi connectivity index (χ0) is 21.0. The summed E-state index contributed by atoms with van der Waals surface area (Å²) in [7, 11) is 0. The van der Waals surface area contributed by atoms with Crippen molar-refractivity contribution >= 4 is 23.1 Å². The van der Waals surface area contributed by atoms with Crippen molar-refractivity contribution in [2.45, 2.75) is 44.2 Å². The summed E-state index contributed by atoms with van der Waals surface area (Å²) >= 11 is 0. The Bertz CT molecular complexity index is 983. The molecule has 0 radical (unpaired) electrons. The van der Waals surface area contributed by atoms with E-state index >= 15 is 0 Å². The Morgan fingerprint density at radius 3 is 2.27 bits per heavy atom. The minimum absolute atomic E-state index is 0.104. The van der Waals surface area contributed by atoms with Gasteiger partial charge < -0.3 is 10.6 Å². The fourth-order valence-electron chi connectivity index (χ4n) is 3.90. The number of nitrogens with zero attached hydrogens (tertiary/aromatic N) is 2. The monoisotopic (exact) mass is 412 g/mol. The SMILES string of the molecule is FC(F)(F)c1cnc(Nc2ccccc2)nc1Nc1ccccc1C1CCCCC1. The highest BCUT2D eigenvalue weighted by molar-refractivity contribution is 5.66. The number of aromatic nitrogens is 2. The predicted molar refractivity (Wildman–Crippen MR) is 112 cm³/mol. The van der Waals surface area contributed by atoms with E-state index in [0.29, 0.717) is 17.3 Å². The molecule has 0 atom stereocenters. The number of rotatable bonds is 5. The Morgan fingerprint density at radius 2 is 1.53 bits per heavy atom. The van der Waals surface area contributed by atoms with Gasteiger partial charge in [-0.1, -0.05) is 55.7 Å². The van der Waals surface area contributed by atoms with Crippen LogP contribution in [0.2, 0.25) is 0 Å². The van der Waals surface area contributed by atoms with E-state index in [0.717, 1.165) is 37.4 Å². The van der Waals surface area contributed by atoms with Crippen LogP contribution in [0.15, 0.2) is 60.8 Å². The van der Waals surface area contributed by atoms with Gasteiger partial charge in [-0.2, -0.15) is 18.2 Å². The first-order valence-electron chi connectivity index (χ1n) is 10.1. The van der Waals surface area contributed by atoms with Gasteiger partial charge in [0.2, 0.25) is 5.95 Å². The van der Waals surface area contributed by atoms with Crippen LogP contribution in [0.25, 0.3) is 0 Å². The molecule has 1 heterocycles. The maximum Gasteiger partial charge on any atom is 0.421 e. The van der Waals surface area contributed by atoms with Gasteiger partial charge in [-0.3, -0.25) is 0 Å². The summed E-state index contributed by atoms with van der Waals surface area (Å²) in [6.07, 6.45) is 1.86. The van der Waals surface area contributed by atoms with Crippen LogP contribution in [0.5, 0.6) is 0 Å². The zero-order valence-electron chi connectivity index (χ0n) is 16.4. The van der Waals surface area contributed by atoms with Gasteiger partial charge in [0, 0.05) is 17.6 Å². The molecule has 7 heteroatoms.